The Kier molecular flexibility index (Phi) is 8.13. The Morgan fingerprint density at radius 3 is 1.75 bits per heavy atom. The summed E-state index contributed by atoms with van der Waals surface area (Å²) in [7, 11) is 1.51. The van der Waals surface area contributed by atoms with E-state index in [-0.39, 0.29) is 11.5 Å². The van der Waals surface area contributed by atoms with Gasteiger partial charge in [0.1, 0.15) is 0 Å². The molecule has 40 heavy (non-hydrogen) atoms. The zero-order valence-corrected chi connectivity index (χ0v) is 21.9. The van der Waals surface area contributed by atoms with E-state index in [4.69, 9.17) is 9.47 Å². The number of hydrogen-bond donors (Lipinski definition) is 0. The third-order valence-electron chi connectivity index (χ3n) is 6.30. The predicted molar refractivity (Wildman–Crippen MR) is 159 cm³/mol. The Bertz CT molecular complexity index is 1570. The zero-order valence-electron chi connectivity index (χ0n) is 21.9. The first-order chi connectivity index (χ1) is 19.6. The molecule has 0 aliphatic rings. The summed E-state index contributed by atoms with van der Waals surface area (Å²) in [4.78, 5) is 27.6. The van der Waals surface area contributed by atoms with Gasteiger partial charge in [-0.05, 0) is 59.2 Å². The second kappa shape index (κ2) is 12.4. The number of carbonyl (C=O) groups is 2. The van der Waals surface area contributed by atoms with Gasteiger partial charge in [-0.15, -0.1) is 0 Å². The van der Waals surface area contributed by atoms with Crippen LogP contribution in [0.4, 0.5) is 16.2 Å². The lowest BCUT2D eigenvalue weighted by atomic mass is 10.0. The van der Waals surface area contributed by atoms with E-state index in [1.807, 2.05) is 115 Å². The first kappa shape index (κ1) is 26.2. The molecule has 0 atom stereocenters. The van der Waals surface area contributed by atoms with Gasteiger partial charge in [0, 0.05) is 5.56 Å². The van der Waals surface area contributed by atoms with Gasteiger partial charge >= 0.3 is 6.09 Å². The number of anilines is 2. The largest absolute Gasteiger partial charge is 0.493 e. The summed E-state index contributed by atoms with van der Waals surface area (Å²) in [6.07, 6.45) is 2.65. The molecule has 0 aliphatic carbocycles. The van der Waals surface area contributed by atoms with Gasteiger partial charge in [0.25, 0.3) is 0 Å². The van der Waals surface area contributed by atoms with Crippen LogP contribution >= 0.6 is 0 Å². The molecule has 0 N–H and O–H groups in total. The first-order valence-electron chi connectivity index (χ1n) is 12.8. The molecule has 0 heterocycles. The molecular weight excluding hydrogens is 498 g/mol. The monoisotopic (exact) mass is 525 g/mol. The Hall–Kier alpha value is -5.42. The smallest absolute Gasteiger partial charge is 0.424 e. The Morgan fingerprint density at radius 1 is 0.625 bits per heavy atom. The molecule has 0 spiro atoms. The third-order valence-corrected chi connectivity index (χ3v) is 6.30. The molecule has 0 bridgehead atoms. The molecule has 1 amide bonds. The fourth-order valence-corrected chi connectivity index (χ4v) is 4.25. The number of methoxy groups -OCH3 is 1. The topological polar surface area (TPSA) is 55.8 Å². The molecule has 5 rings (SSSR count). The number of ketones is 1. The van der Waals surface area contributed by atoms with Crippen molar-refractivity contribution < 1.29 is 19.1 Å². The summed E-state index contributed by atoms with van der Waals surface area (Å²) in [5, 5.41) is 0. The van der Waals surface area contributed by atoms with E-state index in [1.54, 1.807) is 24.3 Å². The summed E-state index contributed by atoms with van der Waals surface area (Å²) in [6.45, 7) is 0. The van der Waals surface area contributed by atoms with Crippen molar-refractivity contribution in [3.8, 4) is 22.6 Å². The second-order valence-electron chi connectivity index (χ2n) is 8.93. The van der Waals surface area contributed by atoms with E-state index in [1.165, 1.54) is 18.1 Å². The van der Waals surface area contributed by atoms with Gasteiger partial charge in [-0.3, -0.25) is 4.79 Å². The maximum Gasteiger partial charge on any atom is 0.424 e. The lowest BCUT2D eigenvalue weighted by molar-refractivity contribution is 0.104. The lowest BCUT2D eigenvalue weighted by Gasteiger charge is -2.22. The Morgan fingerprint density at radius 2 is 1.18 bits per heavy atom. The van der Waals surface area contributed by atoms with Gasteiger partial charge in [-0.1, -0.05) is 103 Å². The van der Waals surface area contributed by atoms with Gasteiger partial charge < -0.3 is 9.47 Å². The fraction of sp³-hybridized carbons (Fsp3) is 0.0286. The Labute approximate surface area is 233 Å². The average molecular weight is 526 g/mol. The van der Waals surface area contributed by atoms with Crippen molar-refractivity contribution in [3.63, 3.8) is 0 Å². The zero-order chi connectivity index (χ0) is 27.7. The van der Waals surface area contributed by atoms with Crippen LogP contribution in [0.25, 0.3) is 17.2 Å². The summed E-state index contributed by atoms with van der Waals surface area (Å²) >= 11 is 0. The van der Waals surface area contributed by atoms with Crippen LogP contribution < -0.4 is 14.4 Å². The van der Waals surface area contributed by atoms with Crippen LogP contribution in [0.15, 0.2) is 140 Å². The number of carbonyl (C=O) groups excluding carboxylic acids is 2. The van der Waals surface area contributed by atoms with Crippen molar-refractivity contribution in [3.05, 3.63) is 151 Å². The minimum absolute atomic E-state index is 0.115. The number of hydrogen-bond acceptors (Lipinski definition) is 4. The lowest BCUT2D eigenvalue weighted by Crippen LogP contribution is -2.29. The highest BCUT2D eigenvalue weighted by atomic mass is 16.6. The molecular formula is C35H27NO4. The number of allylic oxidation sites excluding steroid dienone is 1. The summed E-state index contributed by atoms with van der Waals surface area (Å²) in [6, 6.07) is 41.3. The molecule has 0 saturated heterocycles. The van der Waals surface area contributed by atoms with Crippen LogP contribution in [0, 0.1) is 0 Å². The normalized spacial score (nSPS) is 10.7. The van der Waals surface area contributed by atoms with E-state index in [9.17, 15) is 9.59 Å². The third kappa shape index (κ3) is 6.17. The van der Waals surface area contributed by atoms with Crippen LogP contribution in [0.1, 0.15) is 15.9 Å². The minimum Gasteiger partial charge on any atom is -0.493 e. The summed E-state index contributed by atoms with van der Waals surface area (Å²) in [5.74, 6) is 0.524. The standard InChI is InChI=1S/C35H27NO4/c1-39-34-25-26(17-23-32(37)29-21-19-28(20-22-29)27-11-5-2-6-12-27)18-24-33(34)40-35(38)36(30-13-7-3-8-14-30)31-15-9-4-10-16-31/h2-25H,1H3. The molecule has 0 saturated carbocycles. The molecule has 0 aromatic heterocycles. The number of nitrogens with zero attached hydrogens (tertiary/aromatic N) is 1. The number of benzene rings is 5. The molecule has 5 heteroatoms. The second-order valence-corrected chi connectivity index (χ2v) is 8.93. The summed E-state index contributed by atoms with van der Waals surface area (Å²) in [5.41, 5.74) is 4.82. The highest BCUT2D eigenvalue weighted by Gasteiger charge is 2.21. The highest BCUT2D eigenvalue weighted by Crippen LogP contribution is 2.32. The highest BCUT2D eigenvalue weighted by molar-refractivity contribution is 6.07. The van der Waals surface area contributed by atoms with E-state index in [0.29, 0.717) is 22.7 Å². The van der Waals surface area contributed by atoms with Gasteiger partial charge in [-0.2, -0.15) is 0 Å². The first-order valence-corrected chi connectivity index (χ1v) is 12.8. The maximum atomic E-state index is 13.3. The van der Waals surface area contributed by atoms with Crippen molar-refractivity contribution in [2.75, 3.05) is 12.0 Å². The maximum absolute atomic E-state index is 13.3. The molecule has 5 aromatic carbocycles. The van der Waals surface area contributed by atoms with Crippen LogP contribution in [-0.4, -0.2) is 19.0 Å². The molecule has 5 aromatic rings. The molecule has 0 fully saturated rings. The molecule has 5 nitrogen and oxygen atoms in total. The number of rotatable bonds is 8. The minimum atomic E-state index is -0.576. The fourth-order valence-electron chi connectivity index (χ4n) is 4.25. The Balaban J connectivity index is 1.31. The number of ether oxygens (including phenoxy) is 2. The molecule has 0 unspecified atom stereocenters. The SMILES string of the molecule is COc1cc(C=CC(=O)c2ccc(-c3ccccc3)cc2)ccc1OC(=O)N(c1ccccc1)c1ccccc1. The van der Waals surface area contributed by atoms with Crippen molar-refractivity contribution in [1.82, 2.24) is 0 Å². The van der Waals surface area contributed by atoms with Gasteiger partial charge in [-0.25, -0.2) is 9.69 Å². The summed E-state index contributed by atoms with van der Waals surface area (Å²) < 4.78 is 11.3. The van der Waals surface area contributed by atoms with Crippen molar-refractivity contribution in [2.45, 2.75) is 0 Å². The quantitative estimate of drug-likeness (QED) is 0.150. The van der Waals surface area contributed by atoms with Gasteiger partial charge in [0.2, 0.25) is 0 Å². The number of para-hydroxylation sites is 2. The van der Waals surface area contributed by atoms with Gasteiger partial charge in [0.05, 0.1) is 18.5 Å². The van der Waals surface area contributed by atoms with Crippen molar-refractivity contribution >= 4 is 29.3 Å². The molecule has 0 radical (unpaired) electrons. The average Bonchev–Trinajstić information content (AvgIpc) is 3.02. The van der Waals surface area contributed by atoms with Crippen LogP contribution in [0.5, 0.6) is 11.5 Å². The van der Waals surface area contributed by atoms with E-state index >= 15 is 0 Å². The number of amides is 1. The van der Waals surface area contributed by atoms with Crippen molar-refractivity contribution in [2.24, 2.45) is 0 Å². The van der Waals surface area contributed by atoms with Crippen LogP contribution in [0.2, 0.25) is 0 Å². The van der Waals surface area contributed by atoms with Gasteiger partial charge in [0.15, 0.2) is 17.3 Å². The van der Waals surface area contributed by atoms with Crippen molar-refractivity contribution in [1.29, 1.82) is 0 Å². The van der Waals surface area contributed by atoms with E-state index in [2.05, 4.69) is 0 Å². The molecule has 0 aliphatic heterocycles. The van der Waals surface area contributed by atoms with Crippen LogP contribution in [0.3, 0.4) is 0 Å². The molecule has 196 valence electrons. The van der Waals surface area contributed by atoms with E-state index < -0.39 is 6.09 Å². The predicted octanol–water partition coefficient (Wildman–Crippen LogP) is 8.60. The van der Waals surface area contributed by atoms with Crippen LogP contribution in [-0.2, 0) is 0 Å². The van der Waals surface area contributed by atoms with E-state index in [0.717, 1.165) is 16.7 Å².